The zero-order valence-corrected chi connectivity index (χ0v) is 11.0. The first kappa shape index (κ1) is 13.7. The Morgan fingerprint density at radius 3 is 2.95 bits per heavy atom. The summed E-state index contributed by atoms with van der Waals surface area (Å²) >= 11 is 0. The van der Waals surface area contributed by atoms with Gasteiger partial charge in [0.2, 0.25) is 0 Å². The average Bonchev–Trinajstić information content (AvgIpc) is 2.64. The van der Waals surface area contributed by atoms with E-state index in [2.05, 4.69) is 6.58 Å². The van der Waals surface area contributed by atoms with Crippen molar-refractivity contribution in [3.8, 4) is 0 Å². The first-order chi connectivity index (χ1) is 9.02. The summed E-state index contributed by atoms with van der Waals surface area (Å²) < 4.78 is 5.22. The predicted octanol–water partition coefficient (Wildman–Crippen LogP) is 1.70. The summed E-state index contributed by atoms with van der Waals surface area (Å²) in [5.41, 5.74) is 1.86. The van der Waals surface area contributed by atoms with Crippen LogP contribution in [0.2, 0.25) is 0 Å². The van der Waals surface area contributed by atoms with Crippen LogP contribution in [0.1, 0.15) is 26.2 Å². The summed E-state index contributed by atoms with van der Waals surface area (Å²) in [6.45, 7) is 5.59. The first-order valence-corrected chi connectivity index (χ1v) is 6.43. The molecule has 3 atom stereocenters. The molecule has 102 valence electrons. The molecule has 1 N–H and O–H groups in total. The molecule has 0 spiro atoms. The summed E-state index contributed by atoms with van der Waals surface area (Å²) in [4.78, 5) is 22.6. The van der Waals surface area contributed by atoms with Gasteiger partial charge in [-0.3, -0.25) is 4.79 Å². The number of aldehydes is 1. The van der Waals surface area contributed by atoms with Crippen molar-refractivity contribution in [1.82, 2.24) is 0 Å². The minimum atomic E-state index is -0.607. The van der Waals surface area contributed by atoms with Gasteiger partial charge in [0.05, 0.1) is 6.10 Å². The minimum absolute atomic E-state index is 0.265. The lowest BCUT2D eigenvalue weighted by Gasteiger charge is -2.21. The molecular formula is C15H18O4. The fraction of sp³-hybridized carbons (Fsp3) is 0.467. The monoisotopic (exact) mass is 262 g/mol. The maximum absolute atomic E-state index is 11.6. The highest BCUT2D eigenvalue weighted by Crippen LogP contribution is 2.34. The van der Waals surface area contributed by atoms with E-state index < -0.39 is 18.2 Å². The molecule has 1 fully saturated rings. The lowest BCUT2D eigenvalue weighted by atomic mass is 9.86. The van der Waals surface area contributed by atoms with Gasteiger partial charge in [-0.05, 0) is 43.4 Å². The van der Waals surface area contributed by atoms with Crippen molar-refractivity contribution < 1.29 is 19.4 Å². The van der Waals surface area contributed by atoms with Gasteiger partial charge in [0.25, 0.3) is 0 Å². The second kappa shape index (κ2) is 5.53. The Morgan fingerprint density at radius 1 is 1.53 bits per heavy atom. The highest BCUT2D eigenvalue weighted by Gasteiger charge is 2.38. The van der Waals surface area contributed by atoms with Gasteiger partial charge >= 0.3 is 5.97 Å². The minimum Gasteiger partial charge on any atom is -0.454 e. The summed E-state index contributed by atoms with van der Waals surface area (Å²) in [6, 6.07) is 0. The molecule has 0 aromatic heterocycles. The van der Waals surface area contributed by atoms with Crippen LogP contribution in [-0.2, 0) is 14.3 Å². The second-order valence-electron chi connectivity index (χ2n) is 5.10. The van der Waals surface area contributed by atoms with E-state index in [4.69, 9.17) is 4.74 Å². The third-order valence-corrected chi connectivity index (χ3v) is 3.78. The molecule has 0 aromatic rings. The number of aliphatic hydroxyl groups excluding tert-OH is 1. The van der Waals surface area contributed by atoms with E-state index in [1.807, 2.05) is 13.0 Å². The van der Waals surface area contributed by atoms with Crippen LogP contribution in [0.4, 0.5) is 0 Å². The summed E-state index contributed by atoms with van der Waals surface area (Å²) in [6.07, 6.45) is 5.00. The topological polar surface area (TPSA) is 63.6 Å². The molecule has 19 heavy (non-hydrogen) atoms. The molecule has 0 aromatic carbocycles. The zero-order chi connectivity index (χ0) is 14.0. The Labute approximate surface area is 112 Å². The van der Waals surface area contributed by atoms with Crippen molar-refractivity contribution >= 4 is 12.3 Å². The smallest absolute Gasteiger partial charge is 0.334 e. The number of carbonyl (C=O) groups is 2. The second-order valence-corrected chi connectivity index (χ2v) is 5.10. The normalized spacial score (nSPS) is 32.0. The van der Waals surface area contributed by atoms with E-state index in [0.29, 0.717) is 30.4 Å². The van der Waals surface area contributed by atoms with E-state index in [-0.39, 0.29) is 5.92 Å². The molecule has 4 nitrogen and oxygen atoms in total. The third-order valence-electron chi connectivity index (χ3n) is 3.78. The standard InChI is InChI=1S/C15H18O4/c1-9-4-3-5-11(8-16)6-14-12(7-13(9)17)10(2)15(18)19-14/h4,6,8,12-14,17H,2-3,5,7H2,1H3. The lowest BCUT2D eigenvalue weighted by molar-refractivity contribution is -0.137. The maximum Gasteiger partial charge on any atom is 0.334 e. The molecule has 3 unspecified atom stereocenters. The Hall–Kier alpha value is -1.68. The van der Waals surface area contributed by atoms with Gasteiger partial charge in [-0.2, -0.15) is 0 Å². The average molecular weight is 262 g/mol. The highest BCUT2D eigenvalue weighted by atomic mass is 16.6. The van der Waals surface area contributed by atoms with Crippen LogP contribution in [0, 0.1) is 5.92 Å². The molecular weight excluding hydrogens is 244 g/mol. The molecule has 2 rings (SSSR count). The number of fused-ring (bicyclic) bond motifs is 1. The van der Waals surface area contributed by atoms with E-state index in [9.17, 15) is 14.7 Å². The van der Waals surface area contributed by atoms with Crippen LogP contribution in [0.5, 0.6) is 0 Å². The third kappa shape index (κ3) is 2.84. The van der Waals surface area contributed by atoms with E-state index in [1.165, 1.54) is 0 Å². The van der Waals surface area contributed by atoms with Gasteiger partial charge in [-0.1, -0.05) is 12.7 Å². The van der Waals surface area contributed by atoms with Crippen LogP contribution in [0.3, 0.4) is 0 Å². The van der Waals surface area contributed by atoms with E-state index >= 15 is 0 Å². The van der Waals surface area contributed by atoms with Crippen molar-refractivity contribution in [1.29, 1.82) is 0 Å². The molecule has 0 saturated carbocycles. The van der Waals surface area contributed by atoms with Crippen LogP contribution in [0.25, 0.3) is 0 Å². The van der Waals surface area contributed by atoms with Crippen molar-refractivity contribution in [3.63, 3.8) is 0 Å². The Kier molecular flexibility index (Phi) is 4.00. The SMILES string of the molecule is C=C1C(=O)OC2C=C(C=O)CCC=C(C)C(O)CC12. The molecule has 0 amide bonds. The van der Waals surface area contributed by atoms with Crippen molar-refractivity contribution in [2.24, 2.45) is 5.92 Å². The Bertz CT molecular complexity index is 473. The van der Waals surface area contributed by atoms with Gasteiger partial charge in [-0.25, -0.2) is 4.79 Å². The number of allylic oxidation sites excluding steroid dienone is 2. The number of hydrogen-bond donors (Lipinski definition) is 1. The largest absolute Gasteiger partial charge is 0.454 e. The molecule has 0 radical (unpaired) electrons. The summed E-state index contributed by atoms with van der Waals surface area (Å²) in [5.74, 6) is -0.705. The van der Waals surface area contributed by atoms with Gasteiger partial charge in [0, 0.05) is 11.5 Å². The fourth-order valence-corrected chi connectivity index (χ4v) is 2.48. The number of aliphatic hydroxyl groups is 1. The first-order valence-electron chi connectivity index (χ1n) is 6.43. The highest BCUT2D eigenvalue weighted by molar-refractivity contribution is 5.91. The van der Waals surface area contributed by atoms with Crippen LogP contribution in [0.15, 0.2) is 35.5 Å². The van der Waals surface area contributed by atoms with E-state index in [0.717, 1.165) is 11.9 Å². The van der Waals surface area contributed by atoms with Gasteiger partial charge < -0.3 is 9.84 Å². The van der Waals surface area contributed by atoms with Crippen molar-refractivity contribution in [3.05, 3.63) is 35.5 Å². The zero-order valence-electron chi connectivity index (χ0n) is 11.0. The Morgan fingerprint density at radius 2 is 2.26 bits per heavy atom. The fourth-order valence-electron chi connectivity index (χ4n) is 2.48. The number of ether oxygens (including phenoxy) is 1. The molecule has 4 heteroatoms. The van der Waals surface area contributed by atoms with Gasteiger partial charge in [0.1, 0.15) is 12.4 Å². The molecule has 1 saturated heterocycles. The molecule has 1 aliphatic carbocycles. The van der Waals surface area contributed by atoms with Gasteiger partial charge in [-0.15, -0.1) is 0 Å². The number of hydrogen-bond acceptors (Lipinski definition) is 4. The van der Waals surface area contributed by atoms with Crippen LogP contribution < -0.4 is 0 Å². The van der Waals surface area contributed by atoms with Crippen molar-refractivity contribution in [2.75, 3.05) is 0 Å². The lowest BCUT2D eigenvalue weighted by Crippen LogP contribution is -2.22. The quantitative estimate of drug-likeness (QED) is 0.338. The number of esters is 1. The molecule has 2 aliphatic rings. The maximum atomic E-state index is 11.6. The van der Waals surface area contributed by atoms with Crippen molar-refractivity contribution in [2.45, 2.75) is 38.4 Å². The molecule has 0 bridgehead atoms. The number of rotatable bonds is 1. The van der Waals surface area contributed by atoms with E-state index in [1.54, 1.807) is 6.08 Å². The molecule has 1 aliphatic heterocycles. The molecule has 1 heterocycles. The van der Waals surface area contributed by atoms with Gasteiger partial charge in [0.15, 0.2) is 0 Å². The summed E-state index contributed by atoms with van der Waals surface area (Å²) in [7, 11) is 0. The summed E-state index contributed by atoms with van der Waals surface area (Å²) in [5, 5.41) is 10.1. The Balaban J connectivity index is 2.34. The van der Waals surface area contributed by atoms with Crippen LogP contribution in [-0.4, -0.2) is 29.6 Å². The predicted molar refractivity (Wildman–Crippen MR) is 70.3 cm³/mol. The number of carbonyl (C=O) groups excluding carboxylic acids is 2. The van der Waals surface area contributed by atoms with Crippen LogP contribution >= 0.6 is 0 Å².